The van der Waals surface area contributed by atoms with Crippen LogP contribution < -0.4 is 0 Å². The fraction of sp³-hybridized carbons (Fsp3) is 0.100. The van der Waals surface area contributed by atoms with E-state index < -0.39 is 0 Å². The Labute approximate surface area is 703 Å². The van der Waals surface area contributed by atoms with E-state index in [1.807, 2.05) is 0 Å². The van der Waals surface area contributed by atoms with Crippen LogP contribution in [0.25, 0.3) is 198 Å². The average Bonchev–Trinajstić information content (AvgIpc) is 1.30. The first-order valence-electron chi connectivity index (χ1n) is 42.7. The molecule has 0 unspecified atom stereocenters. The summed E-state index contributed by atoms with van der Waals surface area (Å²) < 4.78 is 0. The summed E-state index contributed by atoms with van der Waals surface area (Å²) in [6.07, 6.45) is 0. The molecule has 0 nitrogen and oxygen atoms in total. The van der Waals surface area contributed by atoms with Gasteiger partial charge in [-0.15, -0.1) is 0 Å². The predicted molar refractivity (Wildman–Crippen MR) is 512 cm³/mol. The molecule has 4 aliphatic rings. The van der Waals surface area contributed by atoms with Crippen molar-refractivity contribution >= 4 is 64.6 Å². The standard InChI is InChI=1S/C65H50.C55H38/c1-63(2)56-23-15-13-19-46(56)53-35-43(28-33-57(53)63)62-51-21-11-10-20-50(51)61(52-32-26-40(34-54(52)62)39-16-8-7-9-17-39)44-27-31-49-48-30-25-42(37-59(48)65(5,6)60(49)38-44)41-24-29-47-45-18-12-14-22-55(45)64(3,4)58(47)36-41;1-55(2)51-26-13-12-23-44(51)49-34-40(28-30-52(49)55)54-46-25-11-10-24-45(46)53(47-29-27-36(32-50(47)54)35-15-4-3-5-16-35)39-19-14-18-37(31-39)48-33-38-17-6-7-20-41(38)42-21-8-9-22-43(42)48/h7-38H,1-6H3;3-34H,1-2H3. The zero-order chi connectivity index (χ0) is 80.7. The van der Waals surface area contributed by atoms with Gasteiger partial charge in [-0.1, -0.05) is 389 Å². The molecular weight excluding hydrogens is 1440 g/mol. The van der Waals surface area contributed by atoms with Crippen LogP contribution in [0.3, 0.4) is 0 Å². The van der Waals surface area contributed by atoms with Crippen LogP contribution in [-0.2, 0) is 21.7 Å². The monoisotopic (exact) mass is 1530 g/mol. The highest BCUT2D eigenvalue weighted by atomic mass is 14.4. The molecule has 24 rings (SSSR count). The zero-order valence-electron chi connectivity index (χ0n) is 69.0. The minimum atomic E-state index is -0.191. The van der Waals surface area contributed by atoms with E-state index in [-0.39, 0.29) is 21.7 Å². The second kappa shape index (κ2) is 26.7. The van der Waals surface area contributed by atoms with E-state index in [0.717, 1.165) is 0 Å². The summed E-state index contributed by atoms with van der Waals surface area (Å²) >= 11 is 0. The van der Waals surface area contributed by atoms with Gasteiger partial charge in [0.15, 0.2) is 0 Å². The molecule has 0 aliphatic heterocycles. The first-order chi connectivity index (χ1) is 58.5. The molecule has 0 aromatic heterocycles. The maximum Gasteiger partial charge on any atom is 0.0159 e. The normalized spacial score (nSPS) is 14.3. The number of rotatable bonds is 8. The molecular formula is C120H88. The van der Waals surface area contributed by atoms with Crippen molar-refractivity contribution in [3.8, 4) is 134 Å². The van der Waals surface area contributed by atoms with Crippen LogP contribution in [0.5, 0.6) is 0 Å². The molecule has 0 radical (unpaired) electrons. The van der Waals surface area contributed by atoms with Crippen LogP contribution in [0.2, 0.25) is 0 Å². The Kier molecular flexibility index (Phi) is 15.9. The molecule has 0 fully saturated rings. The van der Waals surface area contributed by atoms with Crippen LogP contribution in [0.1, 0.15) is 99.9 Å². The van der Waals surface area contributed by atoms with Gasteiger partial charge >= 0.3 is 0 Å². The Morgan fingerprint density at radius 2 is 0.408 bits per heavy atom. The first-order valence-corrected chi connectivity index (χ1v) is 42.7. The van der Waals surface area contributed by atoms with E-state index in [2.05, 4.69) is 444 Å². The predicted octanol–water partition coefficient (Wildman–Crippen LogP) is 32.9. The molecule has 120 heavy (non-hydrogen) atoms. The van der Waals surface area contributed by atoms with Crippen molar-refractivity contribution in [2.45, 2.75) is 77.0 Å². The summed E-state index contributed by atoms with van der Waals surface area (Å²) in [6.45, 7) is 19.0. The molecule has 0 atom stereocenters. The third-order valence-corrected chi connectivity index (χ3v) is 28.1. The van der Waals surface area contributed by atoms with Crippen molar-refractivity contribution in [1.82, 2.24) is 0 Å². The summed E-state index contributed by atoms with van der Waals surface area (Å²) in [6, 6.07) is 146. The van der Waals surface area contributed by atoms with E-state index in [9.17, 15) is 0 Å². The van der Waals surface area contributed by atoms with Gasteiger partial charge in [-0.2, -0.15) is 0 Å². The highest BCUT2D eigenvalue weighted by Gasteiger charge is 2.41. The van der Waals surface area contributed by atoms with Gasteiger partial charge in [0.25, 0.3) is 0 Å². The molecule has 0 N–H and O–H groups in total. The molecule has 20 aromatic carbocycles. The van der Waals surface area contributed by atoms with E-state index in [1.165, 1.54) is 243 Å². The molecule has 0 amide bonds. The van der Waals surface area contributed by atoms with E-state index in [4.69, 9.17) is 0 Å². The van der Waals surface area contributed by atoms with Gasteiger partial charge in [0.05, 0.1) is 0 Å². The highest BCUT2D eigenvalue weighted by Crippen LogP contribution is 2.58. The Morgan fingerprint density at radius 3 is 0.883 bits per heavy atom. The van der Waals surface area contributed by atoms with Crippen molar-refractivity contribution in [2.75, 3.05) is 0 Å². The highest BCUT2D eigenvalue weighted by molar-refractivity contribution is 6.25. The fourth-order valence-electron chi connectivity index (χ4n) is 22.1. The van der Waals surface area contributed by atoms with E-state index in [1.54, 1.807) is 0 Å². The van der Waals surface area contributed by atoms with Crippen LogP contribution in [0.4, 0.5) is 0 Å². The smallest absolute Gasteiger partial charge is 0.0159 e. The Balaban J connectivity index is 0.000000142. The van der Waals surface area contributed by atoms with Crippen molar-refractivity contribution in [3.05, 3.63) is 433 Å². The summed E-state index contributed by atoms with van der Waals surface area (Å²) in [4.78, 5) is 0. The molecule has 0 bridgehead atoms. The lowest BCUT2D eigenvalue weighted by Gasteiger charge is -2.24. The maximum absolute atomic E-state index is 2.52. The summed E-state index contributed by atoms with van der Waals surface area (Å²) in [5.74, 6) is 0. The summed E-state index contributed by atoms with van der Waals surface area (Å²) in [5.41, 5.74) is 41.7. The van der Waals surface area contributed by atoms with Crippen LogP contribution in [0, 0.1) is 0 Å². The van der Waals surface area contributed by atoms with Crippen LogP contribution >= 0.6 is 0 Å². The van der Waals surface area contributed by atoms with Gasteiger partial charge in [0, 0.05) is 21.7 Å². The van der Waals surface area contributed by atoms with Crippen LogP contribution in [0.15, 0.2) is 388 Å². The lowest BCUT2D eigenvalue weighted by molar-refractivity contribution is 0.659. The minimum Gasteiger partial charge on any atom is -0.0622 e. The second-order valence-corrected chi connectivity index (χ2v) is 36.1. The van der Waals surface area contributed by atoms with Gasteiger partial charge in [-0.05, 0) is 297 Å². The number of benzene rings is 20. The van der Waals surface area contributed by atoms with Crippen LogP contribution in [-0.4, -0.2) is 0 Å². The van der Waals surface area contributed by atoms with Gasteiger partial charge < -0.3 is 0 Å². The molecule has 0 spiro atoms. The molecule has 4 aliphatic carbocycles. The minimum absolute atomic E-state index is 0.0369. The van der Waals surface area contributed by atoms with Crippen molar-refractivity contribution in [3.63, 3.8) is 0 Å². The average molecular weight is 1530 g/mol. The Hall–Kier alpha value is -14.0. The van der Waals surface area contributed by atoms with Crippen molar-refractivity contribution in [1.29, 1.82) is 0 Å². The van der Waals surface area contributed by atoms with E-state index in [0.29, 0.717) is 0 Å². The number of fused-ring (bicyclic) bond motifs is 19. The first kappa shape index (κ1) is 71.3. The molecule has 20 aromatic rings. The molecule has 0 heteroatoms. The fourth-order valence-corrected chi connectivity index (χ4v) is 22.1. The van der Waals surface area contributed by atoms with Gasteiger partial charge in [0.1, 0.15) is 0 Å². The topological polar surface area (TPSA) is 0 Å². The third kappa shape index (κ3) is 10.8. The number of hydrogen-bond donors (Lipinski definition) is 0. The molecule has 0 saturated carbocycles. The Bertz CT molecular complexity index is 7750. The largest absolute Gasteiger partial charge is 0.0622 e. The van der Waals surface area contributed by atoms with E-state index >= 15 is 0 Å². The second-order valence-electron chi connectivity index (χ2n) is 36.1. The Morgan fingerprint density at radius 1 is 0.125 bits per heavy atom. The number of hydrogen-bond acceptors (Lipinski definition) is 0. The van der Waals surface area contributed by atoms with Crippen molar-refractivity contribution in [2.24, 2.45) is 0 Å². The molecule has 568 valence electrons. The summed E-state index contributed by atoms with van der Waals surface area (Å²) in [5, 5.41) is 15.3. The third-order valence-electron chi connectivity index (χ3n) is 28.1. The SMILES string of the molecule is CC1(C)c2ccccc2-c2cc(-c3c4ccccc4c(-c4ccc5c(c4)C(C)(C)c4cc(-c6ccc7c(c6)C(C)(C)c6ccccc6-7)ccc4-5)c4ccc(-c5ccccc5)cc34)ccc21.CC1(C)c2ccccc2-c2cc(-c3c4ccccc4c(-c4cccc(-c5cc6ccccc6c6ccccc56)c4)c4ccc(-c5ccccc5)cc34)ccc21. The lowest BCUT2D eigenvalue weighted by Crippen LogP contribution is -2.15. The maximum atomic E-state index is 2.52. The lowest BCUT2D eigenvalue weighted by atomic mass is 9.79. The van der Waals surface area contributed by atoms with Gasteiger partial charge in [0.2, 0.25) is 0 Å². The summed E-state index contributed by atoms with van der Waals surface area (Å²) in [7, 11) is 0. The quantitative estimate of drug-likeness (QED) is 0.105. The molecule has 0 saturated heterocycles. The van der Waals surface area contributed by atoms with Gasteiger partial charge in [-0.3, -0.25) is 0 Å². The molecule has 0 heterocycles. The van der Waals surface area contributed by atoms with Crippen molar-refractivity contribution < 1.29 is 0 Å². The van der Waals surface area contributed by atoms with Gasteiger partial charge in [-0.25, -0.2) is 0 Å². The zero-order valence-corrected chi connectivity index (χ0v) is 69.0.